The van der Waals surface area contributed by atoms with Crippen molar-refractivity contribution in [2.24, 2.45) is 5.73 Å². The van der Waals surface area contributed by atoms with E-state index in [0.717, 1.165) is 41.6 Å². The lowest BCUT2D eigenvalue weighted by atomic mass is 10.1. The van der Waals surface area contributed by atoms with Crippen molar-refractivity contribution in [1.82, 2.24) is 14.8 Å². The summed E-state index contributed by atoms with van der Waals surface area (Å²) < 4.78 is 2.19. The molecular formula is C17H23N5OS. The zero-order valence-corrected chi connectivity index (χ0v) is 14.7. The molecule has 7 heteroatoms. The van der Waals surface area contributed by atoms with Crippen LogP contribution in [0.15, 0.2) is 24.3 Å². The van der Waals surface area contributed by atoms with Gasteiger partial charge in [0, 0.05) is 24.2 Å². The third-order valence-electron chi connectivity index (χ3n) is 4.24. The largest absolute Gasteiger partial charge is 0.325 e. The van der Waals surface area contributed by atoms with Gasteiger partial charge in [-0.15, -0.1) is 10.2 Å². The summed E-state index contributed by atoms with van der Waals surface area (Å²) in [5.74, 6) is 2.70. The predicted molar refractivity (Wildman–Crippen MR) is 98.0 cm³/mol. The SMILES string of the molecule is CSCC[C@H](N)C(=O)Nc1ccc(-c2nnc3n2CCCC3)cc1. The molecule has 0 radical (unpaired) electrons. The van der Waals surface area contributed by atoms with E-state index in [4.69, 9.17) is 5.73 Å². The Morgan fingerprint density at radius 1 is 1.33 bits per heavy atom. The molecule has 3 rings (SSSR count). The summed E-state index contributed by atoms with van der Waals surface area (Å²) >= 11 is 1.69. The molecule has 2 heterocycles. The molecule has 0 saturated heterocycles. The van der Waals surface area contributed by atoms with Gasteiger partial charge in [-0.05, 0) is 55.5 Å². The van der Waals surface area contributed by atoms with Gasteiger partial charge < -0.3 is 15.6 Å². The van der Waals surface area contributed by atoms with Gasteiger partial charge >= 0.3 is 0 Å². The lowest BCUT2D eigenvalue weighted by Crippen LogP contribution is -2.36. The van der Waals surface area contributed by atoms with Crippen LogP contribution in [0.1, 0.15) is 25.1 Å². The van der Waals surface area contributed by atoms with Gasteiger partial charge in [0.05, 0.1) is 6.04 Å². The van der Waals surface area contributed by atoms with Crippen molar-refractivity contribution in [3.8, 4) is 11.4 Å². The van der Waals surface area contributed by atoms with Crippen LogP contribution in [0.5, 0.6) is 0 Å². The molecule has 2 aromatic rings. The lowest BCUT2D eigenvalue weighted by molar-refractivity contribution is -0.117. The normalized spacial score (nSPS) is 14.9. The average Bonchev–Trinajstić information content (AvgIpc) is 3.04. The van der Waals surface area contributed by atoms with Gasteiger partial charge in [0.25, 0.3) is 0 Å². The highest BCUT2D eigenvalue weighted by atomic mass is 32.2. The van der Waals surface area contributed by atoms with Crippen molar-refractivity contribution in [2.45, 2.75) is 38.3 Å². The van der Waals surface area contributed by atoms with Crippen LogP contribution in [0.3, 0.4) is 0 Å². The van der Waals surface area contributed by atoms with Gasteiger partial charge in [0.15, 0.2) is 5.82 Å². The number of thioether (sulfide) groups is 1. The quantitative estimate of drug-likeness (QED) is 0.839. The number of nitrogens with zero attached hydrogens (tertiary/aromatic N) is 3. The molecule has 0 saturated carbocycles. The minimum Gasteiger partial charge on any atom is -0.325 e. The summed E-state index contributed by atoms with van der Waals surface area (Å²) in [6.07, 6.45) is 6.03. The zero-order chi connectivity index (χ0) is 16.9. The van der Waals surface area contributed by atoms with E-state index in [1.165, 1.54) is 12.8 Å². The maximum atomic E-state index is 12.1. The van der Waals surface area contributed by atoms with Crippen LogP contribution in [0, 0.1) is 0 Å². The number of hydrogen-bond donors (Lipinski definition) is 2. The molecule has 24 heavy (non-hydrogen) atoms. The number of anilines is 1. The second-order valence-electron chi connectivity index (χ2n) is 6.00. The fourth-order valence-electron chi connectivity index (χ4n) is 2.84. The van der Waals surface area contributed by atoms with Crippen molar-refractivity contribution >= 4 is 23.4 Å². The first-order chi connectivity index (χ1) is 11.7. The maximum Gasteiger partial charge on any atom is 0.241 e. The van der Waals surface area contributed by atoms with E-state index in [9.17, 15) is 4.79 Å². The highest BCUT2D eigenvalue weighted by Gasteiger charge is 2.17. The number of carbonyl (C=O) groups is 1. The molecule has 1 aromatic carbocycles. The summed E-state index contributed by atoms with van der Waals surface area (Å²) in [6.45, 7) is 0.973. The van der Waals surface area contributed by atoms with Gasteiger partial charge in [0.2, 0.25) is 5.91 Å². The van der Waals surface area contributed by atoms with Gasteiger partial charge in [-0.1, -0.05) is 0 Å². The fraction of sp³-hybridized carbons (Fsp3) is 0.471. The average molecular weight is 345 g/mol. The first-order valence-corrected chi connectivity index (χ1v) is 9.66. The highest BCUT2D eigenvalue weighted by Crippen LogP contribution is 2.24. The standard InChI is InChI=1S/C17H23N5OS/c1-24-11-9-14(18)17(23)19-13-7-5-12(6-8-13)16-21-20-15-4-2-3-10-22(15)16/h5-8,14H,2-4,9-11,18H2,1H3,(H,19,23)/t14-/m0/s1. The second kappa shape index (κ2) is 7.81. The highest BCUT2D eigenvalue weighted by molar-refractivity contribution is 7.98. The van der Waals surface area contributed by atoms with Crippen LogP contribution < -0.4 is 11.1 Å². The Hall–Kier alpha value is -1.86. The lowest BCUT2D eigenvalue weighted by Gasteiger charge is -2.15. The fourth-order valence-corrected chi connectivity index (χ4v) is 3.32. The predicted octanol–water partition coefficient (Wildman–Crippen LogP) is 2.30. The Morgan fingerprint density at radius 2 is 2.12 bits per heavy atom. The summed E-state index contributed by atoms with van der Waals surface area (Å²) in [7, 11) is 0. The van der Waals surface area contributed by atoms with Gasteiger partial charge in [-0.2, -0.15) is 11.8 Å². The van der Waals surface area contributed by atoms with Crippen molar-refractivity contribution in [2.75, 3.05) is 17.3 Å². The van der Waals surface area contributed by atoms with Crippen molar-refractivity contribution in [3.63, 3.8) is 0 Å². The molecule has 1 aliphatic heterocycles. The molecule has 1 amide bonds. The number of hydrogen-bond acceptors (Lipinski definition) is 5. The Bertz CT molecular complexity index is 698. The van der Waals surface area contributed by atoms with Crippen LogP contribution in [0.2, 0.25) is 0 Å². The number of nitrogens with two attached hydrogens (primary N) is 1. The van der Waals surface area contributed by atoms with E-state index in [0.29, 0.717) is 6.42 Å². The third kappa shape index (κ3) is 3.79. The number of rotatable bonds is 6. The van der Waals surface area contributed by atoms with Gasteiger partial charge in [-0.25, -0.2) is 0 Å². The molecule has 0 aliphatic carbocycles. The van der Waals surface area contributed by atoms with Gasteiger partial charge in [-0.3, -0.25) is 4.79 Å². The Kier molecular flexibility index (Phi) is 5.52. The third-order valence-corrected chi connectivity index (χ3v) is 4.88. The van der Waals surface area contributed by atoms with E-state index in [1.807, 2.05) is 30.5 Å². The molecule has 0 spiro atoms. The number of aromatic nitrogens is 3. The van der Waals surface area contributed by atoms with Crippen LogP contribution in [-0.2, 0) is 17.8 Å². The molecule has 0 fully saturated rings. The van der Waals surface area contributed by atoms with Crippen molar-refractivity contribution < 1.29 is 4.79 Å². The zero-order valence-electron chi connectivity index (χ0n) is 13.9. The molecule has 1 aromatic heterocycles. The molecule has 128 valence electrons. The summed E-state index contributed by atoms with van der Waals surface area (Å²) in [4.78, 5) is 12.1. The number of aryl methyl sites for hydroxylation is 1. The second-order valence-corrected chi connectivity index (χ2v) is 6.99. The summed E-state index contributed by atoms with van der Waals surface area (Å²) in [5, 5.41) is 11.5. The van der Waals surface area contributed by atoms with Crippen LogP contribution >= 0.6 is 11.8 Å². The topological polar surface area (TPSA) is 85.8 Å². The number of benzene rings is 1. The van der Waals surface area contributed by atoms with E-state index in [2.05, 4.69) is 20.1 Å². The monoisotopic (exact) mass is 345 g/mol. The minimum atomic E-state index is -0.472. The Morgan fingerprint density at radius 3 is 2.88 bits per heavy atom. The summed E-state index contributed by atoms with van der Waals surface area (Å²) in [6, 6.07) is 7.24. The summed E-state index contributed by atoms with van der Waals surface area (Å²) in [5.41, 5.74) is 7.65. The molecule has 6 nitrogen and oxygen atoms in total. The van der Waals surface area contributed by atoms with Crippen LogP contribution in [0.4, 0.5) is 5.69 Å². The minimum absolute atomic E-state index is 0.142. The first kappa shape index (κ1) is 17.0. The number of carbonyl (C=O) groups excluding carboxylic acids is 1. The molecule has 0 bridgehead atoms. The maximum absolute atomic E-state index is 12.1. The Balaban J connectivity index is 1.67. The van der Waals surface area contributed by atoms with E-state index in [1.54, 1.807) is 11.8 Å². The van der Waals surface area contributed by atoms with E-state index < -0.39 is 6.04 Å². The Labute approximate surface area is 146 Å². The van der Waals surface area contributed by atoms with Crippen LogP contribution in [-0.4, -0.2) is 38.7 Å². The van der Waals surface area contributed by atoms with Gasteiger partial charge in [0.1, 0.15) is 5.82 Å². The number of nitrogens with one attached hydrogen (secondary N) is 1. The molecule has 1 aliphatic rings. The van der Waals surface area contributed by atoms with Crippen molar-refractivity contribution in [3.05, 3.63) is 30.1 Å². The number of fused-ring (bicyclic) bond motifs is 1. The van der Waals surface area contributed by atoms with E-state index in [-0.39, 0.29) is 5.91 Å². The molecule has 3 N–H and O–H groups in total. The van der Waals surface area contributed by atoms with Crippen LogP contribution in [0.25, 0.3) is 11.4 Å². The molecular weight excluding hydrogens is 322 g/mol. The molecule has 0 unspecified atom stereocenters. The first-order valence-electron chi connectivity index (χ1n) is 8.27. The number of amides is 1. The smallest absolute Gasteiger partial charge is 0.241 e. The van der Waals surface area contributed by atoms with E-state index >= 15 is 0 Å². The van der Waals surface area contributed by atoms with Crippen molar-refractivity contribution in [1.29, 1.82) is 0 Å². The molecule has 1 atom stereocenters.